The Balaban J connectivity index is 1.96. The van der Waals surface area contributed by atoms with Crippen LogP contribution in [0.2, 0.25) is 0 Å². The first-order valence-electron chi connectivity index (χ1n) is 6.59. The van der Waals surface area contributed by atoms with Gasteiger partial charge in [0.25, 0.3) is 0 Å². The lowest BCUT2D eigenvalue weighted by Crippen LogP contribution is -2.23. The van der Waals surface area contributed by atoms with E-state index in [9.17, 15) is 4.79 Å². The zero-order chi connectivity index (χ0) is 13.8. The predicted octanol–water partition coefficient (Wildman–Crippen LogP) is 1.76. The van der Waals surface area contributed by atoms with Crippen LogP contribution in [0.1, 0.15) is 33.1 Å². The van der Waals surface area contributed by atoms with Crippen LogP contribution in [0.4, 0.5) is 0 Å². The first-order chi connectivity index (χ1) is 9.10. The minimum atomic E-state index is -0.334. The van der Waals surface area contributed by atoms with Gasteiger partial charge in [0.05, 0.1) is 7.11 Å². The van der Waals surface area contributed by atoms with Gasteiger partial charge in [-0.25, -0.2) is 4.68 Å². The molecule has 0 N–H and O–H groups in total. The third-order valence-electron chi connectivity index (χ3n) is 3.83. The fourth-order valence-electron chi connectivity index (χ4n) is 2.32. The fourth-order valence-corrected chi connectivity index (χ4v) is 3.58. The van der Waals surface area contributed by atoms with Crippen LogP contribution in [0.15, 0.2) is 5.16 Å². The Hall–Kier alpha value is -1.11. The van der Waals surface area contributed by atoms with Crippen LogP contribution in [-0.2, 0) is 16.1 Å². The summed E-state index contributed by atoms with van der Waals surface area (Å²) in [5.74, 6) is 1.19. The highest BCUT2D eigenvalue weighted by atomic mass is 32.2. The second kappa shape index (κ2) is 6.36. The molecule has 3 atom stereocenters. The van der Waals surface area contributed by atoms with Crippen molar-refractivity contribution >= 4 is 17.7 Å². The molecule has 0 radical (unpaired) electrons. The number of carbonyl (C=O) groups excluding carboxylic acids is 1. The summed E-state index contributed by atoms with van der Waals surface area (Å²) in [6.45, 7) is 4.69. The van der Waals surface area contributed by atoms with Gasteiger partial charge in [-0.2, -0.15) is 0 Å². The zero-order valence-electron chi connectivity index (χ0n) is 11.6. The van der Waals surface area contributed by atoms with E-state index in [2.05, 4.69) is 34.1 Å². The van der Waals surface area contributed by atoms with E-state index in [0.717, 1.165) is 11.8 Å². The number of hydrogen-bond acceptors (Lipinski definition) is 6. The molecule has 6 nitrogen and oxygen atoms in total. The summed E-state index contributed by atoms with van der Waals surface area (Å²) in [5, 5.41) is 12.7. The van der Waals surface area contributed by atoms with Gasteiger partial charge in [-0.3, -0.25) is 4.79 Å². The molecule has 19 heavy (non-hydrogen) atoms. The van der Waals surface area contributed by atoms with Crippen molar-refractivity contribution in [2.75, 3.05) is 7.11 Å². The van der Waals surface area contributed by atoms with Crippen LogP contribution in [0.25, 0.3) is 0 Å². The van der Waals surface area contributed by atoms with Gasteiger partial charge in [0.1, 0.15) is 6.54 Å². The Bertz CT molecular complexity index is 437. The van der Waals surface area contributed by atoms with E-state index in [1.807, 2.05) is 0 Å². The lowest BCUT2D eigenvalue weighted by Gasteiger charge is -2.31. The highest BCUT2D eigenvalue weighted by Crippen LogP contribution is 2.37. The van der Waals surface area contributed by atoms with Gasteiger partial charge in [-0.1, -0.05) is 25.6 Å². The summed E-state index contributed by atoms with van der Waals surface area (Å²) in [6.07, 6.45) is 3.61. The summed E-state index contributed by atoms with van der Waals surface area (Å²) in [4.78, 5) is 11.3. The van der Waals surface area contributed by atoms with E-state index in [4.69, 9.17) is 0 Å². The smallest absolute Gasteiger partial charge is 0.327 e. The standard InChI is InChI=1S/C12H20N4O2S/c1-8-4-5-10(6-9(8)2)19-12-13-14-15-16(12)7-11(17)18-3/h8-10H,4-7H2,1-3H3. The maximum absolute atomic E-state index is 11.3. The minimum Gasteiger partial charge on any atom is -0.468 e. The van der Waals surface area contributed by atoms with Crippen LogP contribution in [0.5, 0.6) is 0 Å². The number of thioether (sulfide) groups is 1. The molecule has 1 fully saturated rings. The molecule has 0 bridgehead atoms. The van der Waals surface area contributed by atoms with Crippen LogP contribution in [0, 0.1) is 11.8 Å². The Morgan fingerprint density at radius 3 is 2.89 bits per heavy atom. The topological polar surface area (TPSA) is 69.9 Å². The number of hydrogen-bond donors (Lipinski definition) is 0. The molecule has 0 spiro atoms. The number of tetrazole rings is 1. The first-order valence-corrected chi connectivity index (χ1v) is 7.47. The van der Waals surface area contributed by atoms with E-state index in [1.54, 1.807) is 11.8 Å². The Kier molecular flexibility index (Phi) is 4.79. The van der Waals surface area contributed by atoms with E-state index in [1.165, 1.54) is 31.1 Å². The van der Waals surface area contributed by atoms with Crippen molar-refractivity contribution in [3.63, 3.8) is 0 Å². The van der Waals surface area contributed by atoms with Crippen molar-refractivity contribution in [3.05, 3.63) is 0 Å². The Labute approximate surface area is 117 Å². The Morgan fingerprint density at radius 1 is 1.42 bits per heavy atom. The average molecular weight is 284 g/mol. The van der Waals surface area contributed by atoms with Gasteiger partial charge in [0.15, 0.2) is 0 Å². The molecular formula is C12H20N4O2S. The van der Waals surface area contributed by atoms with Crippen molar-refractivity contribution in [2.45, 2.75) is 50.1 Å². The maximum atomic E-state index is 11.3. The van der Waals surface area contributed by atoms with Crippen molar-refractivity contribution < 1.29 is 9.53 Å². The summed E-state index contributed by atoms with van der Waals surface area (Å²) in [7, 11) is 1.36. The summed E-state index contributed by atoms with van der Waals surface area (Å²) < 4.78 is 6.15. The van der Waals surface area contributed by atoms with Crippen LogP contribution >= 0.6 is 11.8 Å². The molecule has 0 aliphatic heterocycles. The van der Waals surface area contributed by atoms with Crippen LogP contribution in [0.3, 0.4) is 0 Å². The molecule has 1 saturated carbocycles. The van der Waals surface area contributed by atoms with Gasteiger partial charge < -0.3 is 4.74 Å². The number of nitrogens with zero attached hydrogens (tertiary/aromatic N) is 4. The molecule has 0 aromatic carbocycles. The van der Waals surface area contributed by atoms with Gasteiger partial charge in [-0.15, -0.1) is 5.10 Å². The maximum Gasteiger partial charge on any atom is 0.327 e. The number of ether oxygens (including phenoxy) is 1. The number of aromatic nitrogens is 4. The van der Waals surface area contributed by atoms with Crippen molar-refractivity contribution in [1.82, 2.24) is 20.2 Å². The average Bonchev–Trinajstić information content (AvgIpc) is 2.81. The molecule has 106 valence electrons. The van der Waals surface area contributed by atoms with Gasteiger partial charge in [-0.05, 0) is 41.5 Å². The van der Waals surface area contributed by atoms with E-state index in [0.29, 0.717) is 10.4 Å². The number of methoxy groups -OCH3 is 1. The first kappa shape index (κ1) is 14.3. The van der Waals surface area contributed by atoms with E-state index >= 15 is 0 Å². The minimum absolute atomic E-state index is 0.0739. The zero-order valence-corrected chi connectivity index (χ0v) is 12.4. The molecule has 0 amide bonds. The summed E-state index contributed by atoms with van der Waals surface area (Å²) in [6, 6.07) is 0. The van der Waals surface area contributed by atoms with Crippen molar-refractivity contribution in [2.24, 2.45) is 11.8 Å². The van der Waals surface area contributed by atoms with Crippen LogP contribution in [-0.4, -0.2) is 38.5 Å². The third kappa shape index (κ3) is 3.68. The molecule has 3 unspecified atom stereocenters. The lowest BCUT2D eigenvalue weighted by atomic mass is 9.81. The largest absolute Gasteiger partial charge is 0.468 e. The molecular weight excluding hydrogens is 264 g/mol. The van der Waals surface area contributed by atoms with Crippen molar-refractivity contribution in [3.8, 4) is 0 Å². The third-order valence-corrected chi connectivity index (χ3v) is 5.09. The SMILES string of the molecule is COC(=O)Cn1nnnc1SC1CCC(C)C(C)C1. The highest BCUT2D eigenvalue weighted by Gasteiger charge is 2.26. The molecule has 2 rings (SSSR count). The summed E-state index contributed by atoms with van der Waals surface area (Å²) >= 11 is 1.68. The van der Waals surface area contributed by atoms with Crippen molar-refractivity contribution in [1.29, 1.82) is 0 Å². The monoisotopic (exact) mass is 284 g/mol. The number of carbonyl (C=O) groups is 1. The fraction of sp³-hybridized carbons (Fsp3) is 0.833. The Morgan fingerprint density at radius 2 is 2.21 bits per heavy atom. The quantitative estimate of drug-likeness (QED) is 0.785. The number of rotatable bonds is 4. The van der Waals surface area contributed by atoms with Gasteiger partial charge in [0.2, 0.25) is 5.16 Å². The summed E-state index contributed by atoms with van der Waals surface area (Å²) in [5.41, 5.74) is 0. The predicted molar refractivity (Wildman–Crippen MR) is 71.7 cm³/mol. The molecule has 0 saturated heterocycles. The van der Waals surface area contributed by atoms with Crippen LogP contribution < -0.4 is 0 Å². The molecule has 1 aromatic heterocycles. The number of esters is 1. The van der Waals surface area contributed by atoms with Gasteiger partial charge in [0, 0.05) is 5.25 Å². The second-order valence-electron chi connectivity index (χ2n) is 5.20. The molecule has 1 heterocycles. The van der Waals surface area contributed by atoms with E-state index < -0.39 is 0 Å². The lowest BCUT2D eigenvalue weighted by molar-refractivity contribution is -0.141. The second-order valence-corrected chi connectivity index (χ2v) is 6.47. The molecule has 1 aliphatic rings. The molecule has 1 aliphatic carbocycles. The highest BCUT2D eigenvalue weighted by molar-refractivity contribution is 7.99. The molecule has 1 aromatic rings. The molecule has 7 heteroatoms. The van der Waals surface area contributed by atoms with E-state index in [-0.39, 0.29) is 12.5 Å². The van der Waals surface area contributed by atoms with Gasteiger partial charge >= 0.3 is 5.97 Å². The normalized spacial score (nSPS) is 27.2.